The summed E-state index contributed by atoms with van der Waals surface area (Å²) in [5, 5.41) is 6.89. The standard InChI is InChI=1S/C17H29N5O3.ClH/c1-11(2)5-15(18)17(24)20-14-6-19-22(9-14)10-16(23)21-7-12(3)25-13(4)8-21;/h6,9,11-13,15H,5,7-8,10,18H2,1-4H3,(H,20,24);1H/t12?,13?,15-;/m0./s1. The highest BCUT2D eigenvalue weighted by atomic mass is 35.5. The molecule has 0 saturated carbocycles. The number of nitrogens with zero attached hydrogens (tertiary/aromatic N) is 3. The number of ether oxygens (including phenoxy) is 1. The summed E-state index contributed by atoms with van der Waals surface area (Å²) in [5.74, 6) is 0.0919. The lowest BCUT2D eigenvalue weighted by Crippen LogP contribution is -2.49. The Labute approximate surface area is 160 Å². The molecule has 0 aromatic carbocycles. The minimum Gasteiger partial charge on any atom is -0.372 e. The molecule has 1 aromatic heterocycles. The fourth-order valence-electron chi connectivity index (χ4n) is 2.98. The summed E-state index contributed by atoms with van der Waals surface area (Å²) in [4.78, 5) is 26.2. The topological polar surface area (TPSA) is 102 Å². The average Bonchev–Trinajstić information content (AvgIpc) is 2.92. The monoisotopic (exact) mass is 387 g/mol. The molecule has 2 heterocycles. The number of morpholine rings is 1. The summed E-state index contributed by atoms with van der Waals surface area (Å²) in [5.41, 5.74) is 6.41. The largest absolute Gasteiger partial charge is 0.372 e. The van der Waals surface area contributed by atoms with Crippen LogP contribution in [0.25, 0.3) is 0 Å². The van der Waals surface area contributed by atoms with Gasteiger partial charge in [-0.05, 0) is 26.2 Å². The second-order valence-corrected chi connectivity index (χ2v) is 7.21. The number of nitrogens with one attached hydrogen (secondary N) is 1. The number of halogens is 1. The molecule has 3 N–H and O–H groups in total. The maximum atomic E-state index is 12.4. The fourth-order valence-corrected chi connectivity index (χ4v) is 2.98. The number of hydrogen-bond donors (Lipinski definition) is 2. The molecule has 0 radical (unpaired) electrons. The summed E-state index contributed by atoms with van der Waals surface area (Å²) < 4.78 is 7.16. The Morgan fingerprint density at radius 1 is 1.35 bits per heavy atom. The first-order valence-electron chi connectivity index (χ1n) is 8.76. The van der Waals surface area contributed by atoms with Gasteiger partial charge in [0.2, 0.25) is 11.8 Å². The zero-order valence-corrected chi connectivity index (χ0v) is 16.7. The first-order valence-corrected chi connectivity index (χ1v) is 8.76. The van der Waals surface area contributed by atoms with E-state index in [1.165, 1.54) is 10.9 Å². The molecule has 0 aliphatic carbocycles. The molecule has 0 bridgehead atoms. The maximum Gasteiger partial charge on any atom is 0.244 e. The lowest BCUT2D eigenvalue weighted by molar-refractivity contribution is -0.144. The zero-order chi connectivity index (χ0) is 18.6. The predicted molar refractivity (Wildman–Crippen MR) is 102 cm³/mol. The Morgan fingerprint density at radius 2 is 1.96 bits per heavy atom. The molecule has 3 atom stereocenters. The van der Waals surface area contributed by atoms with Gasteiger partial charge >= 0.3 is 0 Å². The van der Waals surface area contributed by atoms with Gasteiger partial charge in [0.25, 0.3) is 0 Å². The van der Waals surface area contributed by atoms with Crippen molar-refractivity contribution < 1.29 is 14.3 Å². The van der Waals surface area contributed by atoms with E-state index >= 15 is 0 Å². The Kier molecular flexibility index (Phi) is 8.52. The van der Waals surface area contributed by atoms with Gasteiger partial charge in [-0.25, -0.2) is 0 Å². The van der Waals surface area contributed by atoms with E-state index in [1.807, 2.05) is 27.7 Å². The van der Waals surface area contributed by atoms with Crippen LogP contribution < -0.4 is 11.1 Å². The van der Waals surface area contributed by atoms with E-state index in [1.54, 1.807) is 11.1 Å². The molecule has 1 aliphatic heterocycles. The number of aromatic nitrogens is 2. The van der Waals surface area contributed by atoms with Gasteiger partial charge in [-0.15, -0.1) is 12.4 Å². The minimum atomic E-state index is -0.554. The van der Waals surface area contributed by atoms with E-state index in [-0.39, 0.29) is 43.0 Å². The van der Waals surface area contributed by atoms with Crippen LogP contribution in [0.1, 0.15) is 34.1 Å². The van der Waals surface area contributed by atoms with Crippen molar-refractivity contribution in [2.45, 2.75) is 58.9 Å². The van der Waals surface area contributed by atoms with Gasteiger partial charge in [-0.1, -0.05) is 13.8 Å². The minimum absolute atomic E-state index is 0. The van der Waals surface area contributed by atoms with Crippen molar-refractivity contribution in [2.75, 3.05) is 18.4 Å². The molecule has 0 spiro atoms. The lowest BCUT2D eigenvalue weighted by Gasteiger charge is -2.35. The molecule has 2 rings (SSSR count). The van der Waals surface area contributed by atoms with E-state index < -0.39 is 6.04 Å². The van der Waals surface area contributed by atoms with E-state index in [0.717, 1.165) is 0 Å². The van der Waals surface area contributed by atoms with Gasteiger partial charge in [0, 0.05) is 19.3 Å². The third-order valence-corrected chi connectivity index (χ3v) is 4.03. The predicted octanol–water partition coefficient (Wildman–Crippen LogP) is 1.25. The summed E-state index contributed by atoms with van der Waals surface area (Å²) in [6.45, 7) is 9.24. The van der Waals surface area contributed by atoms with E-state index in [9.17, 15) is 9.59 Å². The SMILES string of the molecule is CC(C)C[C@H](N)C(=O)Nc1cnn(CC(=O)N2CC(C)OC(C)C2)c1.Cl. The van der Waals surface area contributed by atoms with Crippen LogP contribution in [0.3, 0.4) is 0 Å². The lowest BCUT2D eigenvalue weighted by atomic mass is 10.0. The van der Waals surface area contributed by atoms with Crippen molar-refractivity contribution in [1.29, 1.82) is 0 Å². The number of amides is 2. The number of nitrogens with two attached hydrogens (primary N) is 1. The summed E-state index contributed by atoms with van der Waals surface area (Å²) >= 11 is 0. The molecule has 26 heavy (non-hydrogen) atoms. The second-order valence-electron chi connectivity index (χ2n) is 7.21. The number of hydrogen-bond acceptors (Lipinski definition) is 5. The molecule has 2 unspecified atom stereocenters. The number of carbonyl (C=O) groups excluding carboxylic acids is 2. The first-order chi connectivity index (χ1) is 11.7. The first kappa shape index (κ1) is 22.4. The number of anilines is 1. The Balaban J connectivity index is 0.00000338. The number of carbonyl (C=O) groups is 2. The second kappa shape index (κ2) is 9.89. The van der Waals surface area contributed by atoms with Crippen molar-refractivity contribution in [2.24, 2.45) is 11.7 Å². The van der Waals surface area contributed by atoms with Crippen LogP contribution >= 0.6 is 12.4 Å². The van der Waals surface area contributed by atoms with Gasteiger partial charge in [0.15, 0.2) is 0 Å². The molecule has 148 valence electrons. The normalized spacial score (nSPS) is 21.2. The van der Waals surface area contributed by atoms with Gasteiger partial charge in [-0.2, -0.15) is 5.10 Å². The smallest absolute Gasteiger partial charge is 0.244 e. The molecule has 2 amide bonds. The van der Waals surface area contributed by atoms with Crippen LogP contribution in [0.4, 0.5) is 5.69 Å². The Morgan fingerprint density at radius 3 is 2.54 bits per heavy atom. The Bertz CT molecular complexity index is 597. The van der Waals surface area contributed by atoms with Crippen molar-refractivity contribution in [3.8, 4) is 0 Å². The van der Waals surface area contributed by atoms with Crippen molar-refractivity contribution in [3.63, 3.8) is 0 Å². The van der Waals surface area contributed by atoms with E-state index in [0.29, 0.717) is 31.1 Å². The van der Waals surface area contributed by atoms with Crippen molar-refractivity contribution >= 4 is 29.9 Å². The summed E-state index contributed by atoms with van der Waals surface area (Å²) in [6, 6.07) is -0.554. The number of rotatable bonds is 6. The van der Waals surface area contributed by atoms with E-state index in [2.05, 4.69) is 10.4 Å². The Hall–Kier alpha value is -1.64. The van der Waals surface area contributed by atoms with Crippen molar-refractivity contribution in [3.05, 3.63) is 12.4 Å². The van der Waals surface area contributed by atoms with Gasteiger partial charge in [0.05, 0.1) is 30.1 Å². The quantitative estimate of drug-likeness (QED) is 0.764. The molecule has 1 aromatic rings. The molecule has 8 nitrogen and oxygen atoms in total. The fraction of sp³-hybridized carbons (Fsp3) is 0.706. The van der Waals surface area contributed by atoms with Crippen LogP contribution in [0.15, 0.2) is 12.4 Å². The van der Waals surface area contributed by atoms with Gasteiger partial charge in [-0.3, -0.25) is 14.3 Å². The van der Waals surface area contributed by atoms with Crippen LogP contribution in [0, 0.1) is 5.92 Å². The average molecular weight is 388 g/mol. The molecular weight excluding hydrogens is 358 g/mol. The van der Waals surface area contributed by atoms with Crippen molar-refractivity contribution in [1.82, 2.24) is 14.7 Å². The maximum absolute atomic E-state index is 12.4. The highest BCUT2D eigenvalue weighted by Crippen LogP contribution is 2.12. The summed E-state index contributed by atoms with van der Waals surface area (Å²) in [6.07, 6.45) is 3.85. The third-order valence-electron chi connectivity index (χ3n) is 4.03. The highest BCUT2D eigenvalue weighted by molar-refractivity contribution is 5.94. The molecule has 9 heteroatoms. The molecule has 1 saturated heterocycles. The third kappa shape index (κ3) is 6.59. The molecule has 1 fully saturated rings. The molecular formula is C17H30ClN5O3. The zero-order valence-electron chi connectivity index (χ0n) is 15.8. The summed E-state index contributed by atoms with van der Waals surface area (Å²) in [7, 11) is 0. The van der Waals surface area contributed by atoms with Crippen LogP contribution in [0.2, 0.25) is 0 Å². The van der Waals surface area contributed by atoms with Crippen LogP contribution in [-0.2, 0) is 20.9 Å². The van der Waals surface area contributed by atoms with Gasteiger partial charge < -0.3 is 20.7 Å². The van der Waals surface area contributed by atoms with Gasteiger partial charge in [0.1, 0.15) is 6.54 Å². The molecule has 1 aliphatic rings. The van der Waals surface area contributed by atoms with Crippen LogP contribution in [-0.4, -0.2) is 57.8 Å². The highest BCUT2D eigenvalue weighted by Gasteiger charge is 2.26. The van der Waals surface area contributed by atoms with Crippen LogP contribution in [0.5, 0.6) is 0 Å². The van der Waals surface area contributed by atoms with E-state index in [4.69, 9.17) is 10.5 Å².